The summed E-state index contributed by atoms with van der Waals surface area (Å²) in [6, 6.07) is 10.8. The lowest BCUT2D eigenvalue weighted by Gasteiger charge is -2.14. The third kappa shape index (κ3) is 2.75. The monoisotopic (exact) mass is 246 g/mol. The molecule has 1 aromatic carbocycles. The normalized spacial score (nSPS) is 12.8. The third-order valence-corrected chi connectivity index (χ3v) is 4.21. The molecule has 0 aliphatic heterocycles. The molecule has 90 valence electrons. The zero-order valence-electron chi connectivity index (χ0n) is 10.1. The number of thiophene rings is 1. The molecule has 3 N–H and O–H groups in total. The van der Waals surface area contributed by atoms with E-state index in [2.05, 4.69) is 49.3 Å². The van der Waals surface area contributed by atoms with Crippen molar-refractivity contribution >= 4 is 21.4 Å². The highest BCUT2D eigenvalue weighted by atomic mass is 32.1. The van der Waals surface area contributed by atoms with E-state index in [1.165, 1.54) is 20.5 Å². The summed E-state index contributed by atoms with van der Waals surface area (Å²) in [7, 11) is 0. The number of hydrogen-bond acceptors (Lipinski definition) is 3. The lowest BCUT2D eigenvalue weighted by atomic mass is 10.0. The van der Waals surface area contributed by atoms with Crippen LogP contribution in [-0.2, 0) is 0 Å². The van der Waals surface area contributed by atoms with Gasteiger partial charge in [-0.2, -0.15) is 0 Å². The lowest BCUT2D eigenvalue weighted by Crippen LogP contribution is -2.27. The summed E-state index contributed by atoms with van der Waals surface area (Å²) in [5, 5.41) is 1.29. The first kappa shape index (κ1) is 12.3. The van der Waals surface area contributed by atoms with Crippen LogP contribution in [0.2, 0.25) is 0 Å². The van der Waals surface area contributed by atoms with E-state index in [0.29, 0.717) is 0 Å². The first-order chi connectivity index (χ1) is 8.24. The van der Waals surface area contributed by atoms with Crippen LogP contribution in [0.15, 0.2) is 42.5 Å². The summed E-state index contributed by atoms with van der Waals surface area (Å²) in [5.41, 5.74) is 4.12. The van der Waals surface area contributed by atoms with Crippen molar-refractivity contribution in [2.75, 3.05) is 0 Å². The SMILES string of the molecule is C=C(CC)CC(NN)c1cc2ccccc2s1. The van der Waals surface area contributed by atoms with Gasteiger partial charge >= 0.3 is 0 Å². The first-order valence-electron chi connectivity index (χ1n) is 5.85. The van der Waals surface area contributed by atoms with Crippen LogP contribution >= 0.6 is 11.3 Å². The van der Waals surface area contributed by atoms with Gasteiger partial charge in [0.15, 0.2) is 0 Å². The van der Waals surface area contributed by atoms with Crippen molar-refractivity contribution < 1.29 is 0 Å². The molecule has 0 bridgehead atoms. The Labute approximate surface area is 106 Å². The Morgan fingerprint density at radius 3 is 2.88 bits per heavy atom. The van der Waals surface area contributed by atoms with Gasteiger partial charge in [0.05, 0.1) is 6.04 Å². The molecule has 0 aliphatic carbocycles. The van der Waals surface area contributed by atoms with Crippen molar-refractivity contribution in [3.05, 3.63) is 47.4 Å². The van der Waals surface area contributed by atoms with Crippen molar-refractivity contribution in [2.45, 2.75) is 25.8 Å². The molecule has 1 heterocycles. The van der Waals surface area contributed by atoms with E-state index in [-0.39, 0.29) is 6.04 Å². The zero-order valence-corrected chi connectivity index (χ0v) is 10.9. The maximum Gasteiger partial charge on any atom is 0.0590 e. The Morgan fingerprint density at radius 2 is 2.24 bits per heavy atom. The van der Waals surface area contributed by atoms with Gasteiger partial charge in [-0.1, -0.05) is 37.3 Å². The van der Waals surface area contributed by atoms with Crippen LogP contribution in [0.5, 0.6) is 0 Å². The van der Waals surface area contributed by atoms with E-state index < -0.39 is 0 Å². The average molecular weight is 246 g/mol. The maximum atomic E-state index is 5.65. The molecule has 0 amide bonds. The summed E-state index contributed by atoms with van der Waals surface area (Å²) in [4.78, 5) is 1.28. The van der Waals surface area contributed by atoms with Crippen LogP contribution in [0.4, 0.5) is 0 Å². The fourth-order valence-corrected chi connectivity index (χ4v) is 2.97. The molecule has 0 radical (unpaired) electrons. The predicted octanol–water partition coefficient (Wildman–Crippen LogP) is 3.76. The van der Waals surface area contributed by atoms with Crippen LogP contribution in [0.25, 0.3) is 10.1 Å². The molecule has 0 spiro atoms. The van der Waals surface area contributed by atoms with E-state index in [9.17, 15) is 0 Å². The third-order valence-electron chi connectivity index (χ3n) is 2.98. The van der Waals surface area contributed by atoms with Gasteiger partial charge in [-0.15, -0.1) is 11.3 Å². The highest BCUT2D eigenvalue weighted by molar-refractivity contribution is 7.19. The molecule has 1 unspecified atom stereocenters. The van der Waals surface area contributed by atoms with Crippen molar-refractivity contribution in [2.24, 2.45) is 5.84 Å². The zero-order chi connectivity index (χ0) is 12.3. The summed E-state index contributed by atoms with van der Waals surface area (Å²) >= 11 is 1.80. The van der Waals surface area contributed by atoms with Gasteiger partial charge in [-0.05, 0) is 30.4 Å². The standard InChI is InChI=1S/C14H18N2S/c1-3-10(2)8-12(16-15)14-9-11-6-4-5-7-13(11)17-14/h4-7,9,12,16H,2-3,8,15H2,1H3. The first-order valence-corrected chi connectivity index (χ1v) is 6.67. The van der Waals surface area contributed by atoms with Gasteiger partial charge < -0.3 is 0 Å². The van der Waals surface area contributed by atoms with E-state index >= 15 is 0 Å². The highest BCUT2D eigenvalue weighted by Gasteiger charge is 2.13. The van der Waals surface area contributed by atoms with Crippen LogP contribution in [0.3, 0.4) is 0 Å². The Bertz CT molecular complexity index is 483. The summed E-state index contributed by atoms with van der Waals surface area (Å²) in [5.74, 6) is 5.65. The van der Waals surface area contributed by atoms with Gasteiger partial charge in [0.25, 0.3) is 0 Å². The molecule has 3 heteroatoms. The minimum Gasteiger partial charge on any atom is -0.271 e. The number of nitrogens with two attached hydrogens (primary N) is 1. The molecule has 1 atom stereocenters. The van der Waals surface area contributed by atoms with E-state index in [1.807, 2.05) is 0 Å². The fourth-order valence-electron chi connectivity index (χ4n) is 1.85. The Hall–Kier alpha value is -1.16. The summed E-state index contributed by atoms with van der Waals surface area (Å²) in [6.45, 7) is 6.18. The number of hydrogen-bond donors (Lipinski definition) is 2. The molecule has 0 aliphatic rings. The van der Waals surface area contributed by atoms with Gasteiger partial charge in [0, 0.05) is 9.58 Å². The molecule has 2 rings (SSSR count). The fraction of sp³-hybridized carbons (Fsp3) is 0.286. The van der Waals surface area contributed by atoms with Crippen molar-refractivity contribution in [3.8, 4) is 0 Å². The molecular formula is C14H18N2S. The molecule has 2 aromatic rings. The van der Waals surface area contributed by atoms with Crippen LogP contribution in [0.1, 0.15) is 30.7 Å². The highest BCUT2D eigenvalue weighted by Crippen LogP contribution is 2.32. The second-order valence-corrected chi connectivity index (χ2v) is 5.33. The van der Waals surface area contributed by atoms with E-state index in [1.54, 1.807) is 11.3 Å². The second kappa shape index (κ2) is 5.45. The van der Waals surface area contributed by atoms with Crippen LogP contribution in [-0.4, -0.2) is 0 Å². The molecule has 17 heavy (non-hydrogen) atoms. The number of nitrogens with one attached hydrogen (secondary N) is 1. The van der Waals surface area contributed by atoms with Crippen LogP contribution < -0.4 is 11.3 Å². The Kier molecular flexibility index (Phi) is 3.94. The summed E-state index contributed by atoms with van der Waals surface area (Å²) < 4.78 is 1.31. The molecule has 1 aromatic heterocycles. The predicted molar refractivity (Wildman–Crippen MR) is 75.9 cm³/mol. The topological polar surface area (TPSA) is 38.0 Å². The van der Waals surface area contributed by atoms with Gasteiger partial charge in [-0.3, -0.25) is 11.3 Å². The summed E-state index contributed by atoms with van der Waals surface area (Å²) in [6.07, 6.45) is 1.91. The number of benzene rings is 1. The quantitative estimate of drug-likeness (QED) is 0.479. The van der Waals surface area contributed by atoms with Crippen LogP contribution in [0, 0.1) is 0 Å². The molecule has 0 saturated heterocycles. The van der Waals surface area contributed by atoms with E-state index in [4.69, 9.17) is 5.84 Å². The Balaban J connectivity index is 2.27. The smallest absolute Gasteiger partial charge is 0.0590 e. The molecular weight excluding hydrogens is 228 g/mol. The maximum absolute atomic E-state index is 5.65. The minimum absolute atomic E-state index is 0.180. The van der Waals surface area contributed by atoms with Gasteiger partial charge in [-0.25, -0.2) is 0 Å². The Morgan fingerprint density at radius 1 is 1.47 bits per heavy atom. The molecule has 0 fully saturated rings. The number of fused-ring (bicyclic) bond motifs is 1. The number of hydrazine groups is 1. The minimum atomic E-state index is 0.180. The van der Waals surface area contributed by atoms with E-state index in [0.717, 1.165) is 12.8 Å². The largest absolute Gasteiger partial charge is 0.271 e. The molecule has 0 saturated carbocycles. The van der Waals surface area contributed by atoms with Gasteiger partial charge in [0.2, 0.25) is 0 Å². The van der Waals surface area contributed by atoms with Crippen molar-refractivity contribution in [1.82, 2.24) is 5.43 Å². The average Bonchev–Trinajstić information content (AvgIpc) is 2.78. The number of rotatable bonds is 5. The van der Waals surface area contributed by atoms with Crippen molar-refractivity contribution in [1.29, 1.82) is 0 Å². The van der Waals surface area contributed by atoms with Crippen molar-refractivity contribution in [3.63, 3.8) is 0 Å². The second-order valence-electron chi connectivity index (χ2n) is 4.21. The molecule has 2 nitrogen and oxygen atoms in total. The van der Waals surface area contributed by atoms with Gasteiger partial charge in [0.1, 0.15) is 0 Å². The lowest BCUT2D eigenvalue weighted by molar-refractivity contribution is 0.553.